The lowest BCUT2D eigenvalue weighted by molar-refractivity contribution is -0.139. The molecule has 1 atom stereocenters. The molecule has 6 rings (SSSR count). The van der Waals surface area contributed by atoms with Gasteiger partial charge in [0.05, 0.1) is 6.20 Å². The Labute approximate surface area is 224 Å². The first-order valence-electron chi connectivity index (χ1n) is 12.9. The molecule has 200 valence electrons. The molecule has 11 nitrogen and oxygen atoms in total. The fourth-order valence-electron chi connectivity index (χ4n) is 5.75. The zero-order valence-corrected chi connectivity index (χ0v) is 21.7. The monoisotopic (exact) mass is 528 g/mol. The third-order valence-corrected chi connectivity index (χ3v) is 7.67. The summed E-state index contributed by atoms with van der Waals surface area (Å²) in [5, 5.41) is 9.43. The molecule has 2 aromatic carbocycles. The Balaban J connectivity index is 1.21. The van der Waals surface area contributed by atoms with Crippen molar-refractivity contribution in [2.45, 2.75) is 31.3 Å². The summed E-state index contributed by atoms with van der Waals surface area (Å²) in [4.78, 5) is 54.2. The number of amides is 5. The highest BCUT2D eigenvalue weighted by atomic mass is 16.6. The number of benzene rings is 2. The van der Waals surface area contributed by atoms with Gasteiger partial charge in [-0.3, -0.25) is 14.3 Å². The molecule has 0 radical (unpaired) electrons. The second-order valence-electron chi connectivity index (χ2n) is 10.1. The first-order valence-corrected chi connectivity index (χ1v) is 12.9. The average molecular weight is 529 g/mol. The lowest BCUT2D eigenvalue weighted by atomic mass is 9.94. The number of nitrogens with zero attached hydrogens (tertiary/aromatic N) is 4. The summed E-state index contributed by atoms with van der Waals surface area (Å²) in [6, 6.07) is 10.7. The van der Waals surface area contributed by atoms with Crippen molar-refractivity contribution in [2.24, 2.45) is 7.05 Å². The number of urea groups is 1. The molecule has 11 heteroatoms. The van der Waals surface area contributed by atoms with Gasteiger partial charge in [0, 0.05) is 55.8 Å². The molecule has 39 heavy (non-hydrogen) atoms. The van der Waals surface area contributed by atoms with Crippen LogP contribution in [0.5, 0.6) is 0 Å². The molecule has 3 heterocycles. The van der Waals surface area contributed by atoms with Crippen molar-refractivity contribution in [2.75, 3.05) is 30.4 Å². The highest BCUT2D eigenvalue weighted by molar-refractivity contribution is 6.08. The van der Waals surface area contributed by atoms with E-state index >= 15 is 0 Å². The van der Waals surface area contributed by atoms with Crippen LogP contribution in [0.15, 0.2) is 48.8 Å². The normalized spacial score (nSPS) is 19.6. The van der Waals surface area contributed by atoms with E-state index in [1.54, 1.807) is 34.0 Å². The van der Waals surface area contributed by atoms with Gasteiger partial charge in [-0.15, -0.1) is 0 Å². The van der Waals surface area contributed by atoms with Crippen molar-refractivity contribution in [3.63, 3.8) is 0 Å². The molecule has 1 spiro atoms. The number of nitrogens with one attached hydrogen (secondary N) is 2. The number of hydrogen-bond acceptors (Lipinski definition) is 6. The van der Waals surface area contributed by atoms with Gasteiger partial charge in [0.25, 0.3) is 5.91 Å². The van der Waals surface area contributed by atoms with Gasteiger partial charge in [0.2, 0.25) is 11.5 Å². The van der Waals surface area contributed by atoms with Crippen LogP contribution in [0.3, 0.4) is 0 Å². The van der Waals surface area contributed by atoms with Gasteiger partial charge in [-0.25, -0.2) is 14.5 Å². The molecule has 1 aliphatic carbocycles. The van der Waals surface area contributed by atoms with Crippen molar-refractivity contribution in [1.82, 2.24) is 20.0 Å². The van der Waals surface area contributed by atoms with Gasteiger partial charge >= 0.3 is 12.1 Å². The number of anilines is 2. The van der Waals surface area contributed by atoms with Gasteiger partial charge in [-0.1, -0.05) is 12.1 Å². The summed E-state index contributed by atoms with van der Waals surface area (Å²) in [5.41, 5.74) is 4.36. The number of carbonyl (C=O) groups is 4. The zero-order chi connectivity index (χ0) is 27.3. The standard InChI is InChI=1S/C28H28N6O5/c1-29-26(37)31-21-6-7-22-18(13-21)9-10-28(22)25(36)34(27(38)39-28)16-24(35)33-11-3-4-19-12-17(5-8-23(19)33)20-14-30-32(2)15-20/h5-8,12-15H,3-4,9-11,16H2,1-2H3,(H2,29,31,37)/t28-/m1/s1. The molecule has 3 aliphatic rings. The molecule has 0 saturated carbocycles. The predicted molar refractivity (Wildman–Crippen MR) is 142 cm³/mol. The number of carbonyl (C=O) groups excluding carboxylic acids is 4. The second kappa shape index (κ2) is 9.26. The molecule has 2 N–H and O–H groups in total. The van der Waals surface area contributed by atoms with Gasteiger partial charge < -0.3 is 20.3 Å². The van der Waals surface area contributed by atoms with Crippen molar-refractivity contribution >= 4 is 35.3 Å². The summed E-state index contributed by atoms with van der Waals surface area (Å²) >= 11 is 0. The lowest BCUT2D eigenvalue weighted by Crippen LogP contribution is -2.46. The Morgan fingerprint density at radius 3 is 2.69 bits per heavy atom. The van der Waals surface area contributed by atoms with E-state index in [0.717, 1.165) is 45.7 Å². The van der Waals surface area contributed by atoms with Crippen LogP contribution in [0.4, 0.5) is 21.0 Å². The molecular weight excluding hydrogens is 500 g/mol. The summed E-state index contributed by atoms with van der Waals surface area (Å²) in [7, 11) is 3.38. The minimum atomic E-state index is -1.45. The minimum Gasteiger partial charge on any atom is -0.427 e. The van der Waals surface area contributed by atoms with Crippen LogP contribution in [0.1, 0.15) is 29.5 Å². The van der Waals surface area contributed by atoms with Crippen molar-refractivity contribution in [3.05, 3.63) is 65.5 Å². The Morgan fingerprint density at radius 2 is 1.92 bits per heavy atom. The highest BCUT2D eigenvalue weighted by Gasteiger charge is 2.58. The smallest absolute Gasteiger partial charge is 0.418 e. The largest absolute Gasteiger partial charge is 0.427 e. The number of hydrogen-bond donors (Lipinski definition) is 2. The predicted octanol–water partition coefficient (Wildman–Crippen LogP) is 2.94. The third-order valence-electron chi connectivity index (χ3n) is 7.67. The number of aryl methyl sites for hydroxylation is 3. The number of aromatic nitrogens is 2. The van der Waals surface area contributed by atoms with Crippen LogP contribution in [-0.4, -0.2) is 58.8 Å². The molecule has 0 bridgehead atoms. The van der Waals surface area contributed by atoms with E-state index in [-0.39, 0.29) is 18.4 Å². The molecule has 1 fully saturated rings. The maximum Gasteiger partial charge on any atom is 0.418 e. The maximum atomic E-state index is 13.6. The topological polar surface area (TPSA) is 126 Å². The van der Waals surface area contributed by atoms with E-state index in [4.69, 9.17) is 4.74 Å². The van der Waals surface area contributed by atoms with Crippen LogP contribution in [0.2, 0.25) is 0 Å². The quantitative estimate of drug-likeness (QED) is 0.536. The molecule has 3 aromatic rings. The van der Waals surface area contributed by atoms with Crippen molar-refractivity contribution in [3.8, 4) is 11.1 Å². The van der Waals surface area contributed by atoms with E-state index in [1.165, 1.54) is 7.05 Å². The van der Waals surface area contributed by atoms with Gasteiger partial charge in [0.1, 0.15) is 6.54 Å². The molecule has 5 amide bonds. The Morgan fingerprint density at radius 1 is 1.08 bits per heavy atom. The van der Waals surface area contributed by atoms with Gasteiger partial charge in [-0.2, -0.15) is 5.10 Å². The van der Waals surface area contributed by atoms with E-state index in [0.29, 0.717) is 24.2 Å². The average Bonchev–Trinajstić information content (AvgIpc) is 3.60. The SMILES string of the molecule is CNC(=O)Nc1ccc2c(c1)CC[C@@]21OC(=O)N(CC(=O)N2CCCc3cc(-c4cnn(C)c4)ccc32)C1=O. The van der Waals surface area contributed by atoms with Crippen LogP contribution >= 0.6 is 0 Å². The Bertz CT molecular complexity index is 1530. The summed E-state index contributed by atoms with van der Waals surface area (Å²) in [5.74, 6) is -0.869. The molecule has 1 aromatic heterocycles. The van der Waals surface area contributed by atoms with Gasteiger partial charge in [0.15, 0.2) is 0 Å². The first-order chi connectivity index (χ1) is 18.8. The Kier molecular flexibility index (Phi) is 5.86. The number of fused-ring (bicyclic) bond motifs is 3. The molecule has 0 unspecified atom stereocenters. The van der Waals surface area contributed by atoms with Crippen LogP contribution < -0.4 is 15.5 Å². The van der Waals surface area contributed by atoms with Gasteiger partial charge in [-0.05, 0) is 60.2 Å². The fourth-order valence-corrected chi connectivity index (χ4v) is 5.75. The number of imide groups is 1. The lowest BCUT2D eigenvalue weighted by Gasteiger charge is -2.30. The number of rotatable bonds is 4. The summed E-state index contributed by atoms with van der Waals surface area (Å²) < 4.78 is 7.43. The number of ether oxygens (including phenoxy) is 1. The fraction of sp³-hybridized carbons (Fsp3) is 0.321. The van der Waals surface area contributed by atoms with Crippen LogP contribution in [-0.2, 0) is 39.8 Å². The maximum absolute atomic E-state index is 13.6. The third kappa shape index (κ3) is 4.10. The van der Waals surface area contributed by atoms with Crippen molar-refractivity contribution < 1.29 is 23.9 Å². The zero-order valence-electron chi connectivity index (χ0n) is 21.7. The van der Waals surface area contributed by atoms with Crippen molar-refractivity contribution in [1.29, 1.82) is 0 Å². The van der Waals surface area contributed by atoms with E-state index in [9.17, 15) is 19.2 Å². The first kappa shape index (κ1) is 24.7. The summed E-state index contributed by atoms with van der Waals surface area (Å²) in [6.45, 7) is 0.110. The minimum absolute atomic E-state index is 0.282. The van der Waals surface area contributed by atoms with E-state index in [2.05, 4.69) is 21.8 Å². The van der Waals surface area contributed by atoms with Crippen LogP contribution in [0.25, 0.3) is 11.1 Å². The molecular formula is C28H28N6O5. The summed E-state index contributed by atoms with van der Waals surface area (Å²) in [6.07, 6.45) is 5.30. The molecule has 2 aliphatic heterocycles. The van der Waals surface area contributed by atoms with E-state index in [1.807, 2.05) is 25.4 Å². The second-order valence-corrected chi connectivity index (χ2v) is 10.1. The van der Waals surface area contributed by atoms with Crippen LogP contribution in [0, 0.1) is 0 Å². The Hall–Kier alpha value is -4.67. The molecule has 1 saturated heterocycles. The van der Waals surface area contributed by atoms with E-state index < -0.39 is 24.1 Å². The highest BCUT2D eigenvalue weighted by Crippen LogP contribution is 2.46.